The lowest BCUT2D eigenvalue weighted by atomic mass is 10.3. The Labute approximate surface area is 197 Å². The summed E-state index contributed by atoms with van der Waals surface area (Å²) in [6, 6.07) is 24.2. The van der Waals surface area contributed by atoms with Gasteiger partial charge in [0, 0.05) is 46.8 Å². The van der Waals surface area contributed by atoms with Gasteiger partial charge in [-0.3, -0.25) is 14.7 Å². The van der Waals surface area contributed by atoms with Crippen LogP contribution < -0.4 is 10.5 Å². The van der Waals surface area contributed by atoms with Crippen LogP contribution in [0.25, 0.3) is 0 Å². The Morgan fingerprint density at radius 3 is 1.52 bits per heavy atom. The number of nitrogens with zero attached hydrogens (tertiary/aromatic N) is 2. The van der Waals surface area contributed by atoms with Crippen molar-refractivity contribution in [3.05, 3.63) is 110 Å². The first-order chi connectivity index (χ1) is 15.7. The number of hydrogen-bond acceptors (Lipinski definition) is 7. The van der Waals surface area contributed by atoms with Crippen molar-refractivity contribution in [2.45, 2.75) is 9.79 Å². The van der Waals surface area contributed by atoms with Crippen molar-refractivity contribution >= 4 is 41.1 Å². The molecule has 0 spiro atoms. The van der Waals surface area contributed by atoms with E-state index in [9.17, 15) is 16.8 Å². The average Bonchev–Trinajstić information content (AvgIpc) is 2.81. The summed E-state index contributed by atoms with van der Waals surface area (Å²) in [5, 5.41) is 0. The van der Waals surface area contributed by atoms with Gasteiger partial charge in [0.2, 0.25) is 0 Å². The number of benzene rings is 2. The second-order valence-corrected chi connectivity index (χ2v) is 10.4. The van der Waals surface area contributed by atoms with Crippen LogP contribution in [0, 0.1) is 0 Å². The number of hydrogen-bond donors (Lipinski definition) is 2. The van der Waals surface area contributed by atoms with E-state index < -0.39 is 19.1 Å². The molecule has 0 amide bonds. The van der Waals surface area contributed by atoms with Crippen molar-refractivity contribution in [3.63, 3.8) is 0 Å². The monoisotopic (exact) mass is 504 g/mol. The van der Waals surface area contributed by atoms with E-state index in [0.717, 1.165) is 5.69 Å². The molecule has 0 aliphatic heterocycles. The molecule has 2 aromatic carbocycles. The lowest BCUT2D eigenvalue weighted by Gasteiger charge is -2.06. The van der Waals surface area contributed by atoms with Gasteiger partial charge in [-0.05, 0) is 48.5 Å². The second kappa shape index (κ2) is 12.5. The molecule has 0 atom stereocenters. The molecule has 4 rings (SSSR count). The van der Waals surface area contributed by atoms with E-state index in [-0.39, 0.29) is 9.79 Å². The number of para-hydroxylation sites is 2. The molecule has 0 aliphatic rings. The molecule has 3 N–H and O–H groups in total. The van der Waals surface area contributed by atoms with Crippen molar-refractivity contribution in [2.75, 3.05) is 10.5 Å². The molecule has 0 fully saturated rings. The molecular formula is C22H21ClN4O4S2. The van der Waals surface area contributed by atoms with E-state index in [0.29, 0.717) is 5.69 Å². The highest BCUT2D eigenvalue weighted by Gasteiger charge is 2.13. The Morgan fingerprint density at radius 1 is 0.667 bits per heavy atom. The molecule has 2 heterocycles. The van der Waals surface area contributed by atoms with Crippen LogP contribution in [-0.2, 0) is 19.1 Å². The predicted octanol–water partition coefficient (Wildman–Crippen LogP) is 4.16. The Morgan fingerprint density at radius 2 is 1.15 bits per heavy atom. The quantitative estimate of drug-likeness (QED) is 0.315. The van der Waals surface area contributed by atoms with Crippen LogP contribution in [0.3, 0.4) is 0 Å². The molecule has 0 saturated heterocycles. The van der Waals surface area contributed by atoms with E-state index in [2.05, 4.69) is 14.7 Å². The third-order valence-electron chi connectivity index (χ3n) is 3.69. The molecule has 0 unspecified atom stereocenters. The van der Waals surface area contributed by atoms with Gasteiger partial charge >= 0.3 is 0 Å². The van der Waals surface area contributed by atoms with Crippen LogP contribution in [0.2, 0.25) is 0 Å². The van der Waals surface area contributed by atoms with Crippen LogP contribution in [-0.4, -0.2) is 26.8 Å². The summed E-state index contributed by atoms with van der Waals surface area (Å²) >= 11 is 0. The normalized spacial score (nSPS) is 10.6. The Kier molecular flexibility index (Phi) is 9.80. The maximum absolute atomic E-state index is 11.9. The lowest BCUT2D eigenvalue weighted by Crippen LogP contribution is -2.12. The van der Waals surface area contributed by atoms with Crippen molar-refractivity contribution in [1.82, 2.24) is 9.97 Å². The maximum Gasteiger partial charge on any atom is 0.263 e. The van der Waals surface area contributed by atoms with Crippen molar-refractivity contribution in [2.24, 2.45) is 0 Å². The molecule has 2 aromatic heterocycles. The molecular weight excluding hydrogens is 484 g/mol. The third-order valence-corrected chi connectivity index (χ3v) is 6.39. The van der Waals surface area contributed by atoms with Gasteiger partial charge < -0.3 is 5.73 Å². The number of nitrogens with two attached hydrogens (primary N) is 1. The first-order valence-corrected chi connectivity index (χ1v) is 13.1. The van der Waals surface area contributed by atoms with E-state index in [4.69, 9.17) is 16.4 Å². The van der Waals surface area contributed by atoms with Crippen molar-refractivity contribution < 1.29 is 16.8 Å². The maximum atomic E-state index is 11.9. The Balaban J connectivity index is 0.000000193. The summed E-state index contributed by atoms with van der Waals surface area (Å²) in [5.41, 5.74) is 6.71. The minimum Gasteiger partial charge on any atom is -0.399 e. The molecule has 172 valence electrons. The van der Waals surface area contributed by atoms with Crippen molar-refractivity contribution in [3.8, 4) is 0 Å². The van der Waals surface area contributed by atoms with E-state index in [1.165, 1.54) is 43.0 Å². The van der Waals surface area contributed by atoms with Crippen LogP contribution in [0.4, 0.5) is 11.4 Å². The van der Waals surface area contributed by atoms with Gasteiger partial charge in [0.25, 0.3) is 19.1 Å². The zero-order valence-electron chi connectivity index (χ0n) is 17.2. The van der Waals surface area contributed by atoms with Crippen molar-refractivity contribution in [1.29, 1.82) is 0 Å². The molecule has 0 radical (unpaired) electrons. The zero-order chi connectivity index (χ0) is 24.2. The topological polar surface area (TPSA) is 132 Å². The highest BCUT2D eigenvalue weighted by Crippen LogP contribution is 2.14. The summed E-state index contributed by atoms with van der Waals surface area (Å²) < 4.78 is 47.3. The molecule has 0 saturated carbocycles. The number of nitrogens with one attached hydrogen (secondary N) is 1. The molecule has 4 aromatic rings. The first kappa shape index (κ1) is 25.8. The van der Waals surface area contributed by atoms with Gasteiger partial charge in [0.15, 0.2) is 0 Å². The van der Waals surface area contributed by atoms with E-state index >= 15 is 0 Å². The van der Waals surface area contributed by atoms with Gasteiger partial charge in [-0.15, -0.1) is 0 Å². The summed E-state index contributed by atoms with van der Waals surface area (Å²) in [5.74, 6) is 0. The molecule has 8 nitrogen and oxygen atoms in total. The number of nitrogen functional groups attached to an aromatic ring is 1. The molecule has 0 aliphatic carbocycles. The van der Waals surface area contributed by atoms with Crippen LogP contribution >= 0.6 is 10.7 Å². The smallest absolute Gasteiger partial charge is 0.263 e. The number of sulfonamides is 1. The average molecular weight is 505 g/mol. The summed E-state index contributed by atoms with van der Waals surface area (Å²) in [6.45, 7) is 0. The summed E-state index contributed by atoms with van der Waals surface area (Å²) in [7, 11) is -2.13. The summed E-state index contributed by atoms with van der Waals surface area (Å²) in [6.07, 6.45) is 5.51. The number of aromatic nitrogens is 2. The highest BCUT2D eigenvalue weighted by atomic mass is 35.7. The minimum atomic E-state index is -3.59. The summed E-state index contributed by atoms with van der Waals surface area (Å²) in [4.78, 5) is 7.54. The number of pyridine rings is 2. The first-order valence-electron chi connectivity index (χ1n) is 9.31. The number of halogens is 1. The third kappa shape index (κ3) is 9.69. The number of anilines is 2. The largest absolute Gasteiger partial charge is 0.399 e. The number of rotatable bonds is 4. The van der Waals surface area contributed by atoms with Crippen LogP contribution in [0.1, 0.15) is 0 Å². The second-order valence-electron chi connectivity index (χ2n) is 6.20. The molecule has 33 heavy (non-hydrogen) atoms. The lowest BCUT2D eigenvalue weighted by molar-refractivity contribution is 0.600. The Hall–Kier alpha value is -3.47. The van der Waals surface area contributed by atoms with Gasteiger partial charge in [0.05, 0.1) is 0 Å². The van der Waals surface area contributed by atoms with Crippen LogP contribution in [0.15, 0.2) is 120 Å². The fraction of sp³-hybridized carbons (Fsp3) is 0. The highest BCUT2D eigenvalue weighted by molar-refractivity contribution is 8.13. The standard InChI is InChI=1S/C11H10N2O2S.C6H7N.C5H4ClNO2S/c14-16(15,11-7-4-8-12-9-11)13-10-5-2-1-3-6-10;7-6-4-2-1-3-5-6;6-10(8,9)5-2-1-3-7-4-5/h1-9,13H;1-5H,7H2;1-4H. The van der Waals surface area contributed by atoms with Gasteiger partial charge in [-0.2, -0.15) is 0 Å². The van der Waals surface area contributed by atoms with Gasteiger partial charge in [-0.25, -0.2) is 16.8 Å². The van der Waals surface area contributed by atoms with E-state index in [1.807, 2.05) is 36.4 Å². The molecule has 0 bridgehead atoms. The predicted molar refractivity (Wildman–Crippen MR) is 130 cm³/mol. The van der Waals surface area contributed by atoms with Crippen LogP contribution in [0.5, 0.6) is 0 Å². The minimum absolute atomic E-state index is 0.0247. The van der Waals surface area contributed by atoms with Gasteiger partial charge in [-0.1, -0.05) is 36.4 Å². The fourth-order valence-electron chi connectivity index (χ4n) is 2.17. The molecule has 11 heteroatoms. The Bertz CT molecular complexity index is 1310. The van der Waals surface area contributed by atoms with E-state index in [1.54, 1.807) is 30.3 Å². The SMILES string of the molecule is Nc1ccccc1.O=S(=O)(Cl)c1cccnc1.O=S(=O)(Nc1ccccc1)c1cccnc1. The van der Waals surface area contributed by atoms with Gasteiger partial charge in [0.1, 0.15) is 9.79 Å². The zero-order valence-corrected chi connectivity index (χ0v) is 19.6. The fourth-order valence-corrected chi connectivity index (χ4v) is 3.89.